The number of rotatable bonds is 3. The number of anilines is 1. The number of ether oxygens (including phenoxy) is 3. The second-order valence-corrected chi connectivity index (χ2v) is 18.7. The molecule has 5 heterocycles. The van der Waals surface area contributed by atoms with Crippen molar-refractivity contribution in [1.29, 1.82) is 0 Å². The Hall–Kier alpha value is -3.29. The van der Waals surface area contributed by atoms with E-state index in [0.29, 0.717) is 68.0 Å². The minimum absolute atomic E-state index is 0.0124. The van der Waals surface area contributed by atoms with Crippen LogP contribution in [0.1, 0.15) is 63.7 Å². The molecule has 1 aliphatic carbocycles. The second kappa shape index (κ2) is 14.5. The maximum Gasteiger partial charge on any atom is 0.286 e. The van der Waals surface area contributed by atoms with Crippen molar-refractivity contribution in [2.45, 2.75) is 56.6 Å². The molecule has 1 aromatic heterocycles. The molecule has 3 aromatic rings. The van der Waals surface area contributed by atoms with E-state index in [1.54, 1.807) is 25.4 Å². The van der Waals surface area contributed by atoms with Gasteiger partial charge in [-0.05, 0) is 96.7 Å². The molecular weight excluding hydrogens is 720 g/mol. The molecule has 8 rings (SSSR count). The smallest absolute Gasteiger partial charge is 0.286 e. The molecule has 52 heavy (non-hydrogen) atoms. The molecule has 2 bridgehead atoms. The molecular formula is C39H45ClN4O6S2. The SMILES string of the molecule is CO[C@H]1/C=C/C[C@H](C)C[S@@](=O)(NC(=O)c2cc3n(c2)CCOC3)=NC(=O)c2ccc3c(c2)N(C[C@@H]2CC[C@H]21)C[C@]1(CO3)SCCc2cc(Cl)ccc21. The zero-order valence-corrected chi connectivity index (χ0v) is 31.9. The first-order valence-corrected chi connectivity index (χ1v) is 21.2. The average molecular weight is 765 g/mol. The monoisotopic (exact) mass is 764 g/mol. The van der Waals surface area contributed by atoms with Gasteiger partial charge in [-0.2, -0.15) is 0 Å². The van der Waals surface area contributed by atoms with Gasteiger partial charge in [0.2, 0.25) is 0 Å². The Morgan fingerprint density at radius 3 is 2.88 bits per heavy atom. The normalized spacial score (nSPS) is 30.8. The predicted molar refractivity (Wildman–Crippen MR) is 205 cm³/mol. The van der Waals surface area contributed by atoms with Crippen LogP contribution in [0.15, 0.2) is 65.2 Å². The van der Waals surface area contributed by atoms with Crippen LogP contribution in [-0.4, -0.2) is 71.6 Å². The molecule has 13 heteroatoms. The van der Waals surface area contributed by atoms with Crippen molar-refractivity contribution in [1.82, 2.24) is 9.29 Å². The van der Waals surface area contributed by atoms with Gasteiger partial charge in [0.25, 0.3) is 11.8 Å². The maximum absolute atomic E-state index is 14.6. The summed E-state index contributed by atoms with van der Waals surface area (Å²) < 4.78 is 41.5. The number of thioether (sulfide) groups is 1. The van der Waals surface area contributed by atoms with Crippen LogP contribution in [0, 0.1) is 17.8 Å². The van der Waals surface area contributed by atoms with Crippen LogP contribution in [0.5, 0.6) is 5.75 Å². The van der Waals surface area contributed by atoms with Crippen molar-refractivity contribution < 1.29 is 28.0 Å². The highest BCUT2D eigenvalue weighted by Gasteiger charge is 2.45. The molecule has 0 saturated heterocycles. The first-order chi connectivity index (χ1) is 25.1. The molecule has 2 aromatic carbocycles. The molecule has 6 atom stereocenters. The van der Waals surface area contributed by atoms with E-state index in [0.717, 1.165) is 48.0 Å². The quantitative estimate of drug-likeness (QED) is 0.296. The van der Waals surface area contributed by atoms with Crippen molar-refractivity contribution >= 4 is 50.8 Å². The number of hydrogen-bond acceptors (Lipinski definition) is 8. The number of amides is 2. The van der Waals surface area contributed by atoms with Crippen LogP contribution in [-0.2, 0) is 43.7 Å². The second-order valence-electron chi connectivity index (χ2n) is 14.8. The third kappa shape index (κ3) is 7.04. The Kier molecular flexibility index (Phi) is 9.97. The number of fused-ring (bicyclic) bond motifs is 5. The van der Waals surface area contributed by atoms with Gasteiger partial charge in [-0.3, -0.25) is 14.3 Å². The number of allylic oxidation sites excluding steroid dienone is 1. The van der Waals surface area contributed by atoms with Crippen molar-refractivity contribution in [3.8, 4) is 5.75 Å². The van der Waals surface area contributed by atoms with Gasteiger partial charge < -0.3 is 23.7 Å². The minimum atomic E-state index is -3.53. The number of methoxy groups -OCH3 is 1. The topological polar surface area (TPSA) is 111 Å². The zero-order valence-electron chi connectivity index (χ0n) is 29.6. The van der Waals surface area contributed by atoms with E-state index in [4.69, 9.17) is 25.8 Å². The molecule has 1 saturated carbocycles. The van der Waals surface area contributed by atoms with Gasteiger partial charge in [-0.25, -0.2) is 4.21 Å². The molecule has 2 amide bonds. The first kappa shape index (κ1) is 35.7. The van der Waals surface area contributed by atoms with Crippen LogP contribution in [0.3, 0.4) is 0 Å². The lowest BCUT2D eigenvalue weighted by molar-refractivity contribution is 0.0134. The van der Waals surface area contributed by atoms with Crippen LogP contribution < -0.4 is 14.4 Å². The van der Waals surface area contributed by atoms with Crippen molar-refractivity contribution in [2.24, 2.45) is 22.1 Å². The number of nitrogens with one attached hydrogen (secondary N) is 1. The van der Waals surface area contributed by atoms with Gasteiger partial charge in [-0.1, -0.05) is 36.7 Å². The molecule has 0 unspecified atom stereocenters. The summed E-state index contributed by atoms with van der Waals surface area (Å²) in [5, 5.41) is 0.732. The number of nitrogens with zero attached hydrogens (tertiary/aromatic N) is 3. The van der Waals surface area contributed by atoms with Crippen molar-refractivity contribution in [2.75, 3.05) is 49.8 Å². The van der Waals surface area contributed by atoms with E-state index in [-0.39, 0.29) is 22.5 Å². The fourth-order valence-electron chi connectivity index (χ4n) is 8.38. The van der Waals surface area contributed by atoms with E-state index in [1.165, 1.54) is 11.1 Å². The Labute approximate surface area is 314 Å². The van der Waals surface area contributed by atoms with E-state index >= 15 is 0 Å². The number of hydrogen-bond donors (Lipinski definition) is 1. The molecule has 1 fully saturated rings. The third-order valence-electron chi connectivity index (χ3n) is 11.2. The molecule has 0 radical (unpaired) electrons. The van der Waals surface area contributed by atoms with E-state index in [1.807, 2.05) is 41.5 Å². The van der Waals surface area contributed by atoms with Crippen molar-refractivity contribution in [3.05, 3.63) is 93.8 Å². The molecule has 5 aliphatic rings. The Bertz CT molecular complexity index is 2020. The molecule has 276 valence electrons. The van der Waals surface area contributed by atoms with Crippen molar-refractivity contribution in [3.63, 3.8) is 0 Å². The lowest BCUT2D eigenvalue weighted by atomic mass is 9.70. The summed E-state index contributed by atoms with van der Waals surface area (Å²) in [5.74, 6) is 1.05. The maximum atomic E-state index is 14.6. The van der Waals surface area contributed by atoms with Gasteiger partial charge in [0.15, 0.2) is 0 Å². The summed E-state index contributed by atoms with van der Waals surface area (Å²) in [6.07, 6.45) is 9.58. The highest BCUT2D eigenvalue weighted by Crippen LogP contribution is 2.49. The number of benzene rings is 2. The number of carbonyl (C=O) groups excluding carboxylic acids is 2. The fourth-order valence-corrected chi connectivity index (χ4v) is 11.9. The van der Waals surface area contributed by atoms with Crippen LogP contribution in [0.25, 0.3) is 0 Å². The van der Waals surface area contributed by atoms with Crippen LogP contribution in [0.4, 0.5) is 5.69 Å². The Morgan fingerprint density at radius 2 is 2.08 bits per heavy atom. The van der Waals surface area contributed by atoms with Gasteiger partial charge in [0.05, 0.1) is 41.1 Å². The van der Waals surface area contributed by atoms with Gasteiger partial charge in [-0.15, -0.1) is 16.1 Å². The van der Waals surface area contributed by atoms with Crippen LogP contribution >= 0.6 is 23.4 Å². The lowest BCUT2D eigenvalue weighted by Crippen LogP contribution is -2.48. The lowest BCUT2D eigenvalue weighted by Gasteiger charge is -2.45. The fraction of sp³-hybridized carbons (Fsp3) is 0.487. The molecule has 4 aliphatic heterocycles. The number of halogens is 1. The van der Waals surface area contributed by atoms with Crippen LogP contribution in [0.2, 0.25) is 5.02 Å². The number of aryl methyl sites for hydroxylation is 1. The van der Waals surface area contributed by atoms with E-state index < -0.39 is 21.7 Å². The van der Waals surface area contributed by atoms with E-state index in [2.05, 4.69) is 38.3 Å². The summed E-state index contributed by atoms with van der Waals surface area (Å²) in [6, 6.07) is 13.3. The molecule has 1 spiro atoms. The number of carbonyl (C=O) groups is 2. The largest absolute Gasteiger partial charge is 0.490 e. The van der Waals surface area contributed by atoms with Gasteiger partial charge in [0, 0.05) is 49.2 Å². The standard InChI is InChI=1S/C39H45ClN4O6S2/c1-25-4-3-5-35(48-2)32-9-6-28(32)19-44-23-39(33-10-8-30(40)16-26(33)12-15-51-39)24-50-36-11-7-27(18-34(36)44)37(45)41-52(47,22-25)42-38(46)29-17-31-21-49-14-13-43(31)20-29/h3,5,7-8,10-11,16-18,20,25,28,32,35H,4,6,9,12-15,19,21-24H2,1-2H3,(H,41,42,45,46,47)/b5-3+/t25-,28-,32+,35-,39+,52-/m0/s1. The molecule has 1 N–H and O–H groups in total. The third-order valence-corrected chi connectivity index (χ3v) is 14.9. The Morgan fingerprint density at radius 1 is 1.19 bits per heavy atom. The number of aromatic nitrogens is 1. The summed E-state index contributed by atoms with van der Waals surface area (Å²) in [5.41, 5.74) is 4.82. The Balaban J connectivity index is 1.18. The predicted octanol–water partition coefficient (Wildman–Crippen LogP) is 6.65. The van der Waals surface area contributed by atoms with E-state index in [9.17, 15) is 13.8 Å². The highest BCUT2D eigenvalue weighted by atomic mass is 35.5. The highest BCUT2D eigenvalue weighted by molar-refractivity contribution is 8.00. The van der Waals surface area contributed by atoms with Gasteiger partial charge in [0.1, 0.15) is 22.3 Å². The summed E-state index contributed by atoms with van der Waals surface area (Å²) in [4.78, 5) is 30.0. The molecule has 10 nitrogen and oxygen atoms in total. The zero-order chi connectivity index (χ0) is 36.0. The first-order valence-electron chi connectivity index (χ1n) is 18.1. The summed E-state index contributed by atoms with van der Waals surface area (Å²) >= 11 is 8.38. The summed E-state index contributed by atoms with van der Waals surface area (Å²) in [6.45, 7) is 5.48. The average Bonchev–Trinajstić information content (AvgIpc) is 3.49. The van der Waals surface area contributed by atoms with Gasteiger partial charge >= 0.3 is 0 Å². The minimum Gasteiger partial charge on any atom is -0.490 e. The summed E-state index contributed by atoms with van der Waals surface area (Å²) in [7, 11) is -1.76.